The second-order valence-electron chi connectivity index (χ2n) is 7.79. The molecule has 7 heteroatoms. The molecule has 1 atom stereocenters. The summed E-state index contributed by atoms with van der Waals surface area (Å²) in [6.45, 7) is 5.88. The zero-order chi connectivity index (χ0) is 20.7. The van der Waals surface area contributed by atoms with Crippen LogP contribution in [-0.4, -0.2) is 51.4 Å². The lowest BCUT2D eigenvalue weighted by Crippen LogP contribution is -2.61. The number of fused-ring (bicyclic) bond motifs is 1. The molecule has 5 nitrogen and oxygen atoms in total. The molecule has 2 aliphatic rings. The number of ether oxygens (including phenoxy) is 1. The van der Waals surface area contributed by atoms with E-state index in [-0.39, 0.29) is 5.05 Å². The molecular weight excluding hydrogens is 392 g/mol. The highest BCUT2D eigenvalue weighted by molar-refractivity contribution is 7.83. The third-order valence-electron chi connectivity index (χ3n) is 5.83. The van der Waals surface area contributed by atoms with Crippen LogP contribution in [-0.2, 0) is 14.3 Å². The normalized spacial score (nSPS) is 21.4. The van der Waals surface area contributed by atoms with Gasteiger partial charge in [0.15, 0.2) is 10.6 Å². The van der Waals surface area contributed by atoms with Crippen molar-refractivity contribution >= 4 is 57.4 Å². The number of rotatable bonds is 5. The topological polar surface area (TPSA) is 59.0 Å². The Morgan fingerprint density at radius 2 is 2.00 bits per heavy atom. The van der Waals surface area contributed by atoms with Crippen LogP contribution >= 0.6 is 24.4 Å². The molecule has 1 aromatic rings. The van der Waals surface area contributed by atoms with Crippen LogP contribution in [0.15, 0.2) is 29.3 Å². The first-order valence-electron chi connectivity index (χ1n) is 9.38. The van der Waals surface area contributed by atoms with Gasteiger partial charge < -0.3 is 9.64 Å². The van der Waals surface area contributed by atoms with Crippen molar-refractivity contribution in [2.75, 3.05) is 13.7 Å². The van der Waals surface area contributed by atoms with E-state index < -0.39 is 22.6 Å². The molecule has 28 heavy (non-hydrogen) atoms. The molecule has 1 amide bonds. The number of para-hydroxylation sites is 1. The van der Waals surface area contributed by atoms with Crippen LogP contribution in [0.1, 0.15) is 45.6 Å². The summed E-state index contributed by atoms with van der Waals surface area (Å²) in [6, 6.07) is 7.57. The van der Waals surface area contributed by atoms with Gasteiger partial charge in [-0.2, -0.15) is 0 Å². The Morgan fingerprint density at radius 3 is 2.61 bits per heavy atom. The van der Waals surface area contributed by atoms with E-state index in [1.807, 2.05) is 31.2 Å². The maximum absolute atomic E-state index is 13.3. The van der Waals surface area contributed by atoms with E-state index in [1.165, 1.54) is 12.0 Å². The van der Waals surface area contributed by atoms with E-state index in [9.17, 15) is 9.59 Å². The third kappa shape index (κ3) is 3.01. The van der Waals surface area contributed by atoms with Crippen LogP contribution in [0.4, 0.5) is 5.69 Å². The molecule has 0 saturated carbocycles. The Labute approximate surface area is 176 Å². The Kier molecular flexibility index (Phi) is 5.51. The first kappa shape index (κ1) is 20.7. The van der Waals surface area contributed by atoms with Crippen molar-refractivity contribution in [1.82, 2.24) is 4.90 Å². The van der Waals surface area contributed by atoms with E-state index in [4.69, 9.17) is 34.2 Å². The van der Waals surface area contributed by atoms with Crippen molar-refractivity contribution < 1.29 is 14.3 Å². The zero-order valence-corrected chi connectivity index (χ0v) is 18.2. The second-order valence-corrected chi connectivity index (χ2v) is 8.56. The van der Waals surface area contributed by atoms with Crippen molar-refractivity contribution in [2.24, 2.45) is 10.4 Å². The minimum absolute atomic E-state index is 0.217. The summed E-state index contributed by atoms with van der Waals surface area (Å²) in [5, 5.41) is 0.217. The summed E-state index contributed by atoms with van der Waals surface area (Å²) in [5.74, 6) is -0.979. The number of Topliss-reactive ketones (excluding diaryl/α,β-unsaturated/α-hetero) is 1. The number of benzene rings is 1. The summed E-state index contributed by atoms with van der Waals surface area (Å²) in [7, 11) is 1.48. The third-order valence-corrected chi connectivity index (χ3v) is 6.75. The molecule has 1 saturated heterocycles. The van der Waals surface area contributed by atoms with Gasteiger partial charge >= 0.3 is 0 Å². The first-order chi connectivity index (χ1) is 13.2. The van der Waals surface area contributed by atoms with Crippen LogP contribution in [0.25, 0.3) is 0 Å². The number of hydrogen-bond donors (Lipinski definition) is 0. The number of thiocarbonyl (C=S) groups is 2. The average Bonchev–Trinajstić information content (AvgIpc) is 3.28. The van der Waals surface area contributed by atoms with Gasteiger partial charge in [0.05, 0.1) is 23.4 Å². The minimum atomic E-state index is -1.10. The van der Waals surface area contributed by atoms with Gasteiger partial charge in [-0.25, -0.2) is 4.99 Å². The Balaban J connectivity index is 2.10. The van der Waals surface area contributed by atoms with Crippen molar-refractivity contribution in [2.45, 2.75) is 45.6 Å². The van der Waals surface area contributed by atoms with E-state index >= 15 is 0 Å². The van der Waals surface area contributed by atoms with E-state index in [0.29, 0.717) is 36.4 Å². The molecule has 0 bridgehead atoms. The Bertz CT molecular complexity index is 907. The SMILES string of the molecule is CCC(C)(C)C(=O)C(=O)N1CCC[C@]1(C(=S)OC)C1=Nc2ccccc2C1=S. The van der Waals surface area contributed by atoms with Crippen LogP contribution in [0.2, 0.25) is 0 Å². The lowest BCUT2D eigenvalue weighted by molar-refractivity contribution is -0.150. The van der Waals surface area contributed by atoms with Gasteiger partial charge in [0.25, 0.3) is 5.91 Å². The summed E-state index contributed by atoms with van der Waals surface area (Å²) in [6.07, 6.45) is 1.78. The fraction of sp³-hybridized carbons (Fsp3) is 0.476. The monoisotopic (exact) mass is 416 g/mol. The van der Waals surface area contributed by atoms with Crippen molar-refractivity contribution in [3.63, 3.8) is 0 Å². The van der Waals surface area contributed by atoms with Gasteiger partial charge in [-0.15, -0.1) is 0 Å². The van der Waals surface area contributed by atoms with Crippen LogP contribution < -0.4 is 0 Å². The molecule has 2 aliphatic heterocycles. The summed E-state index contributed by atoms with van der Waals surface area (Å²) in [5.41, 5.74) is 0.270. The summed E-state index contributed by atoms with van der Waals surface area (Å²) in [4.78, 5) is 33.1. The fourth-order valence-electron chi connectivity index (χ4n) is 3.73. The number of carbonyl (C=O) groups is 2. The number of likely N-dealkylation sites (tertiary alicyclic amines) is 1. The largest absolute Gasteiger partial charge is 0.488 e. The van der Waals surface area contributed by atoms with Crippen LogP contribution in [0.5, 0.6) is 0 Å². The predicted molar refractivity (Wildman–Crippen MR) is 118 cm³/mol. The molecule has 0 radical (unpaired) electrons. The van der Waals surface area contributed by atoms with Gasteiger partial charge in [0, 0.05) is 17.5 Å². The molecule has 0 unspecified atom stereocenters. The Hall–Kier alpha value is -1.99. The van der Waals surface area contributed by atoms with E-state index in [0.717, 1.165) is 11.3 Å². The van der Waals surface area contributed by atoms with Crippen molar-refractivity contribution in [1.29, 1.82) is 0 Å². The molecule has 148 valence electrons. The minimum Gasteiger partial charge on any atom is -0.488 e. The average molecular weight is 417 g/mol. The maximum atomic E-state index is 13.3. The number of ketones is 1. The van der Waals surface area contributed by atoms with Crippen molar-refractivity contribution in [3.8, 4) is 0 Å². The number of aliphatic imine (C=N–C) groups is 1. The fourth-order valence-corrected chi connectivity index (χ4v) is 4.43. The molecular formula is C21H24N2O3S2. The number of amides is 1. The molecule has 3 rings (SSSR count). The maximum Gasteiger partial charge on any atom is 0.291 e. The van der Waals surface area contributed by atoms with Gasteiger partial charge in [0.1, 0.15) is 0 Å². The lowest BCUT2D eigenvalue weighted by Gasteiger charge is -2.38. The highest BCUT2D eigenvalue weighted by Crippen LogP contribution is 2.40. The molecule has 0 spiro atoms. The number of nitrogens with zero attached hydrogens (tertiary/aromatic N) is 2. The highest BCUT2D eigenvalue weighted by Gasteiger charge is 2.56. The van der Waals surface area contributed by atoms with Crippen LogP contribution in [0, 0.1) is 5.41 Å². The smallest absolute Gasteiger partial charge is 0.291 e. The van der Waals surface area contributed by atoms with Gasteiger partial charge in [-0.05, 0) is 37.5 Å². The highest BCUT2D eigenvalue weighted by atomic mass is 32.1. The van der Waals surface area contributed by atoms with Gasteiger partial charge in [-0.1, -0.05) is 51.2 Å². The molecule has 1 fully saturated rings. The molecule has 2 heterocycles. The van der Waals surface area contributed by atoms with Gasteiger partial charge in [-0.3, -0.25) is 9.59 Å². The number of hydrogen-bond acceptors (Lipinski definition) is 6. The standard InChI is InChI=1S/C21H24N2O3S2/c1-5-20(2,3)17(24)18(25)23-12-8-11-21(23,19(28)26-4)16-15(27)13-9-6-7-10-14(13)22-16/h6-7,9-10H,5,8,11-12H2,1-4H3/t21-/m1/s1. The zero-order valence-electron chi connectivity index (χ0n) is 16.6. The summed E-state index contributed by atoms with van der Waals surface area (Å²) >= 11 is 11.3. The molecule has 1 aromatic carbocycles. The predicted octanol–water partition coefficient (Wildman–Crippen LogP) is 3.83. The van der Waals surface area contributed by atoms with E-state index in [1.54, 1.807) is 13.8 Å². The quantitative estimate of drug-likeness (QED) is 0.539. The van der Waals surface area contributed by atoms with Crippen molar-refractivity contribution in [3.05, 3.63) is 29.8 Å². The van der Waals surface area contributed by atoms with Crippen LogP contribution in [0.3, 0.4) is 0 Å². The number of carbonyl (C=O) groups excluding carboxylic acids is 2. The van der Waals surface area contributed by atoms with Gasteiger partial charge in [0.2, 0.25) is 5.78 Å². The summed E-state index contributed by atoms with van der Waals surface area (Å²) < 4.78 is 5.45. The Morgan fingerprint density at radius 1 is 1.32 bits per heavy atom. The first-order valence-corrected chi connectivity index (χ1v) is 10.2. The molecule has 0 aliphatic carbocycles. The van der Waals surface area contributed by atoms with E-state index in [2.05, 4.69) is 0 Å². The second kappa shape index (κ2) is 7.44. The number of methoxy groups -OCH3 is 1. The lowest BCUT2D eigenvalue weighted by atomic mass is 9.83. The molecule has 0 aromatic heterocycles. The molecule has 0 N–H and O–H groups in total.